The van der Waals surface area contributed by atoms with Gasteiger partial charge in [-0.3, -0.25) is 10.1 Å². The Morgan fingerprint density at radius 1 is 1.43 bits per heavy atom. The third-order valence-corrected chi connectivity index (χ3v) is 3.11. The van der Waals surface area contributed by atoms with E-state index in [1.54, 1.807) is 0 Å². The van der Waals surface area contributed by atoms with Crippen molar-refractivity contribution in [1.29, 1.82) is 0 Å². The van der Waals surface area contributed by atoms with E-state index < -0.39 is 0 Å². The van der Waals surface area contributed by atoms with E-state index in [0.717, 1.165) is 19.4 Å². The lowest BCUT2D eigenvalue weighted by Gasteiger charge is -2.36. The second-order valence-corrected chi connectivity index (χ2v) is 5.10. The fourth-order valence-electron chi connectivity index (χ4n) is 2.64. The predicted octanol–water partition coefficient (Wildman–Crippen LogP) is -0.0474. The highest BCUT2D eigenvalue weighted by Crippen LogP contribution is 2.29. The van der Waals surface area contributed by atoms with Crippen LogP contribution in [-0.4, -0.2) is 29.7 Å². The Hall–Kier alpha value is -0.610. The minimum atomic E-state index is -0.325. The molecule has 2 fully saturated rings. The van der Waals surface area contributed by atoms with Crippen LogP contribution < -0.4 is 16.0 Å². The summed E-state index contributed by atoms with van der Waals surface area (Å²) in [5.41, 5.74) is -0.581. The summed E-state index contributed by atoms with van der Waals surface area (Å²) in [5, 5.41) is 9.78. The molecule has 0 unspecified atom stereocenters. The molecule has 0 aromatic heterocycles. The summed E-state index contributed by atoms with van der Waals surface area (Å²) in [5.74, 6) is 0.163. The number of rotatable bonds is 0. The topological polar surface area (TPSA) is 53.2 Å². The first kappa shape index (κ1) is 9.93. The van der Waals surface area contributed by atoms with Gasteiger partial charge in [0, 0.05) is 6.04 Å². The van der Waals surface area contributed by atoms with Crippen molar-refractivity contribution >= 4 is 5.91 Å². The third-order valence-electron chi connectivity index (χ3n) is 3.11. The molecule has 14 heavy (non-hydrogen) atoms. The normalized spacial score (nSPS) is 41.4. The molecule has 4 nitrogen and oxygen atoms in total. The van der Waals surface area contributed by atoms with Gasteiger partial charge in [-0.15, -0.1) is 0 Å². The maximum atomic E-state index is 11.9. The first-order chi connectivity index (χ1) is 6.44. The van der Waals surface area contributed by atoms with E-state index in [-0.39, 0.29) is 17.1 Å². The Bertz CT molecular complexity index is 264. The number of piperidine rings is 1. The van der Waals surface area contributed by atoms with Crippen molar-refractivity contribution in [3.8, 4) is 0 Å². The van der Waals surface area contributed by atoms with E-state index in [0.29, 0.717) is 6.04 Å². The molecule has 0 aliphatic carbocycles. The summed E-state index contributed by atoms with van der Waals surface area (Å²) in [4.78, 5) is 11.9. The van der Waals surface area contributed by atoms with Crippen LogP contribution in [0.4, 0.5) is 0 Å². The van der Waals surface area contributed by atoms with E-state index in [2.05, 4.69) is 22.9 Å². The van der Waals surface area contributed by atoms with Crippen molar-refractivity contribution in [1.82, 2.24) is 16.0 Å². The van der Waals surface area contributed by atoms with Gasteiger partial charge in [0.05, 0.1) is 5.66 Å². The van der Waals surface area contributed by atoms with Crippen LogP contribution in [0.1, 0.15) is 33.6 Å². The van der Waals surface area contributed by atoms with Crippen LogP contribution in [0, 0.1) is 0 Å². The van der Waals surface area contributed by atoms with Crippen molar-refractivity contribution in [2.24, 2.45) is 0 Å². The summed E-state index contributed by atoms with van der Waals surface area (Å²) < 4.78 is 0. The van der Waals surface area contributed by atoms with E-state index in [4.69, 9.17) is 0 Å². The lowest BCUT2D eigenvalue weighted by atomic mass is 9.85. The lowest BCUT2D eigenvalue weighted by Crippen LogP contribution is -2.58. The van der Waals surface area contributed by atoms with Gasteiger partial charge >= 0.3 is 0 Å². The quantitative estimate of drug-likeness (QED) is 0.510. The maximum absolute atomic E-state index is 11.9. The molecular weight excluding hydrogens is 178 g/mol. The fourth-order valence-corrected chi connectivity index (χ4v) is 2.64. The van der Waals surface area contributed by atoms with E-state index in [1.807, 2.05) is 13.8 Å². The van der Waals surface area contributed by atoms with Gasteiger partial charge in [0.1, 0.15) is 5.54 Å². The van der Waals surface area contributed by atoms with E-state index in [9.17, 15) is 4.79 Å². The van der Waals surface area contributed by atoms with Gasteiger partial charge in [-0.2, -0.15) is 0 Å². The molecule has 3 N–H and O–H groups in total. The molecule has 2 heterocycles. The van der Waals surface area contributed by atoms with Gasteiger partial charge in [0.25, 0.3) is 0 Å². The zero-order chi connectivity index (χ0) is 10.4. The van der Waals surface area contributed by atoms with Crippen LogP contribution in [0.25, 0.3) is 0 Å². The average molecular weight is 197 g/mol. The number of hydrogen-bond acceptors (Lipinski definition) is 3. The molecule has 0 aromatic rings. The smallest absolute Gasteiger partial charge is 0.241 e. The van der Waals surface area contributed by atoms with Crippen LogP contribution in [0.2, 0.25) is 0 Å². The van der Waals surface area contributed by atoms with Crippen LogP contribution in [-0.2, 0) is 4.79 Å². The summed E-state index contributed by atoms with van der Waals surface area (Å²) in [6.45, 7) is 7.05. The highest BCUT2D eigenvalue weighted by atomic mass is 16.2. The summed E-state index contributed by atoms with van der Waals surface area (Å²) >= 11 is 0. The third kappa shape index (κ3) is 1.53. The van der Waals surface area contributed by atoms with Crippen LogP contribution in [0.3, 0.4) is 0 Å². The first-order valence-electron chi connectivity index (χ1n) is 5.29. The number of carbonyl (C=O) groups excluding carboxylic acids is 1. The Kier molecular flexibility index (Phi) is 2.08. The molecular formula is C10H19N3O. The molecule has 2 rings (SSSR count). The molecule has 2 saturated heterocycles. The molecule has 2 atom stereocenters. The number of hydrogen-bond donors (Lipinski definition) is 3. The molecule has 0 radical (unpaired) electrons. The zero-order valence-corrected chi connectivity index (χ0v) is 9.11. The van der Waals surface area contributed by atoms with Gasteiger partial charge in [0.15, 0.2) is 0 Å². The summed E-state index contributed by atoms with van der Waals surface area (Å²) in [7, 11) is 0. The maximum Gasteiger partial charge on any atom is 0.241 e. The zero-order valence-electron chi connectivity index (χ0n) is 9.11. The largest absolute Gasteiger partial charge is 0.337 e. The molecule has 0 aromatic carbocycles. The van der Waals surface area contributed by atoms with Crippen molar-refractivity contribution in [3.05, 3.63) is 0 Å². The highest BCUT2D eigenvalue weighted by molar-refractivity contribution is 5.89. The van der Waals surface area contributed by atoms with Gasteiger partial charge in [-0.25, -0.2) is 0 Å². The Morgan fingerprint density at radius 2 is 2.14 bits per heavy atom. The van der Waals surface area contributed by atoms with Gasteiger partial charge in [-0.1, -0.05) is 0 Å². The molecule has 80 valence electrons. The lowest BCUT2D eigenvalue weighted by molar-refractivity contribution is -0.125. The van der Waals surface area contributed by atoms with Gasteiger partial charge in [-0.05, 0) is 40.2 Å². The van der Waals surface area contributed by atoms with E-state index in [1.165, 1.54) is 0 Å². The van der Waals surface area contributed by atoms with Crippen molar-refractivity contribution in [2.75, 3.05) is 6.54 Å². The second kappa shape index (κ2) is 2.94. The standard InChI is InChI=1S/C10H19N3O/c1-7-6-10(4-5-11-7)8(14)12-9(2,3)13-10/h7,11,13H,4-6H2,1-3H3,(H,12,14)/t7-,10+/m0/s1. The number of nitrogens with one attached hydrogen (secondary N) is 3. The van der Waals surface area contributed by atoms with Crippen molar-refractivity contribution < 1.29 is 4.79 Å². The molecule has 0 bridgehead atoms. The average Bonchev–Trinajstić information content (AvgIpc) is 2.20. The summed E-state index contributed by atoms with van der Waals surface area (Å²) in [6, 6.07) is 0.413. The molecule has 2 aliphatic heterocycles. The number of amides is 1. The Labute approximate surface area is 84.8 Å². The fraction of sp³-hybridized carbons (Fsp3) is 0.900. The van der Waals surface area contributed by atoms with Crippen LogP contribution in [0.5, 0.6) is 0 Å². The first-order valence-corrected chi connectivity index (χ1v) is 5.29. The Balaban J connectivity index is 2.19. The monoisotopic (exact) mass is 197 g/mol. The highest BCUT2D eigenvalue weighted by Gasteiger charge is 2.50. The Morgan fingerprint density at radius 3 is 2.64 bits per heavy atom. The SMILES string of the molecule is C[C@H]1C[C@@]2(CCN1)NC(C)(C)NC2=O. The van der Waals surface area contributed by atoms with Crippen molar-refractivity contribution in [2.45, 2.75) is 50.9 Å². The van der Waals surface area contributed by atoms with Gasteiger partial charge in [0.2, 0.25) is 5.91 Å². The minimum absolute atomic E-state index is 0.163. The van der Waals surface area contributed by atoms with Crippen LogP contribution >= 0.6 is 0 Å². The van der Waals surface area contributed by atoms with Crippen molar-refractivity contribution in [3.63, 3.8) is 0 Å². The number of carbonyl (C=O) groups is 1. The molecule has 1 spiro atoms. The second-order valence-electron chi connectivity index (χ2n) is 5.10. The van der Waals surface area contributed by atoms with Gasteiger partial charge < -0.3 is 10.6 Å². The van der Waals surface area contributed by atoms with Crippen LogP contribution in [0.15, 0.2) is 0 Å². The minimum Gasteiger partial charge on any atom is -0.337 e. The summed E-state index contributed by atoms with van der Waals surface area (Å²) in [6.07, 6.45) is 1.76. The molecule has 0 saturated carbocycles. The molecule has 1 amide bonds. The molecule has 2 aliphatic rings. The predicted molar refractivity (Wildman–Crippen MR) is 54.8 cm³/mol. The van der Waals surface area contributed by atoms with E-state index >= 15 is 0 Å². The molecule has 4 heteroatoms.